The van der Waals surface area contributed by atoms with Crippen LogP contribution in [0.5, 0.6) is 0 Å². The van der Waals surface area contributed by atoms with Crippen LogP contribution in [0.25, 0.3) is 0 Å². The average Bonchev–Trinajstić information content (AvgIpc) is 1.63. The minimum absolute atomic E-state index is 0.0972. The molecule has 0 amide bonds. The lowest BCUT2D eigenvalue weighted by molar-refractivity contribution is -0.337. The van der Waals surface area contributed by atoms with E-state index in [1.807, 2.05) is 5.32 Å². The molecule has 0 aliphatic rings. The second-order valence-corrected chi connectivity index (χ2v) is 1.45. The van der Waals surface area contributed by atoms with Crippen molar-refractivity contribution >= 4 is 0 Å². The fourth-order valence-corrected chi connectivity index (χ4v) is 0.250. The highest BCUT2D eigenvalue weighted by atomic mass is 16.7. The van der Waals surface area contributed by atoms with Crippen LogP contribution >= 0.6 is 0 Å². The first-order valence-corrected chi connectivity index (χ1v) is 2.56. The molecule has 0 saturated carbocycles. The van der Waals surface area contributed by atoms with Crippen LogP contribution in [0.3, 0.4) is 0 Å². The molecule has 0 radical (unpaired) electrons. The van der Waals surface area contributed by atoms with Gasteiger partial charge in [-0.1, -0.05) is 0 Å². The summed E-state index contributed by atoms with van der Waals surface area (Å²) in [5, 5.41) is 26.4. The van der Waals surface area contributed by atoms with Crippen LogP contribution < -0.4 is 5.32 Å². The van der Waals surface area contributed by atoms with E-state index in [1.165, 1.54) is 0 Å². The molecule has 0 aromatic rings. The van der Waals surface area contributed by atoms with Crippen molar-refractivity contribution < 1.29 is 20.1 Å². The normalized spacial score (nSPS) is 12.0. The minimum atomic E-state index is -2.82. The minimum Gasteiger partial charge on any atom is -0.366 e. The summed E-state index contributed by atoms with van der Waals surface area (Å²) in [4.78, 5) is 0. The smallest absolute Gasteiger partial charge is 0.344 e. The van der Waals surface area contributed by atoms with Gasteiger partial charge in [0.05, 0.1) is 0 Å². The molecule has 4 N–H and O–H groups in total. The summed E-state index contributed by atoms with van der Waals surface area (Å²) >= 11 is 0. The molecule has 0 rings (SSSR count). The van der Waals surface area contributed by atoms with Crippen molar-refractivity contribution in [2.24, 2.45) is 0 Å². The van der Waals surface area contributed by atoms with Crippen LogP contribution in [-0.4, -0.2) is 34.8 Å². The van der Waals surface area contributed by atoms with E-state index >= 15 is 0 Å². The van der Waals surface area contributed by atoms with E-state index in [4.69, 9.17) is 15.3 Å². The third kappa shape index (κ3) is 7.80. The Hall–Kier alpha value is -0.200. The van der Waals surface area contributed by atoms with Gasteiger partial charge in [0.25, 0.3) is 0 Å². The Balaban J connectivity index is 3.07. The first kappa shape index (κ1) is 8.80. The maximum atomic E-state index is 8.16. The zero-order chi connectivity index (χ0) is 7.33. The molecule has 0 aliphatic heterocycles. The molecule has 0 unspecified atom stereocenters. The Labute approximate surface area is 52.9 Å². The fourth-order valence-electron chi connectivity index (χ4n) is 0.250. The van der Waals surface area contributed by atoms with Gasteiger partial charge in [-0.3, -0.25) is 0 Å². The van der Waals surface area contributed by atoms with E-state index in [2.05, 4.69) is 4.74 Å². The van der Waals surface area contributed by atoms with Gasteiger partial charge in [0.15, 0.2) is 0 Å². The van der Waals surface area contributed by atoms with Crippen molar-refractivity contribution in [2.75, 3.05) is 13.3 Å². The highest BCUT2D eigenvalue weighted by Crippen LogP contribution is 1.82. The molecule has 9 heavy (non-hydrogen) atoms. The summed E-state index contributed by atoms with van der Waals surface area (Å²) in [6, 6.07) is 0. The van der Waals surface area contributed by atoms with Crippen molar-refractivity contribution in [3.05, 3.63) is 0 Å². The fraction of sp³-hybridized carbons (Fsp3) is 1.00. The van der Waals surface area contributed by atoms with E-state index in [-0.39, 0.29) is 6.73 Å². The van der Waals surface area contributed by atoms with Crippen LogP contribution in [-0.2, 0) is 4.74 Å². The standard InChI is InChI=1S/C4H11NO4/c1-2-9-3-5-4(6,7)8/h5-8H,2-3H2,1H3. The van der Waals surface area contributed by atoms with Crippen LogP contribution in [0.15, 0.2) is 0 Å². The van der Waals surface area contributed by atoms with Gasteiger partial charge in [-0.2, -0.15) is 0 Å². The lowest BCUT2D eigenvalue weighted by atomic mass is 10.8. The summed E-state index contributed by atoms with van der Waals surface area (Å²) in [6.07, 6.45) is -2.82. The van der Waals surface area contributed by atoms with E-state index in [0.717, 1.165) is 0 Å². The summed E-state index contributed by atoms with van der Waals surface area (Å²) in [5.74, 6) is 0. The Morgan fingerprint density at radius 3 is 2.33 bits per heavy atom. The molecule has 0 bridgehead atoms. The zero-order valence-corrected chi connectivity index (χ0v) is 5.16. The van der Waals surface area contributed by atoms with Gasteiger partial charge in [-0.15, -0.1) is 0 Å². The predicted molar refractivity (Wildman–Crippen MR) is 29.0 cm³/mol. The van der Waals surface area contributed by atoms with Gasteiger partial charge in [0.2, 0.25) is 0 Å². The van der Waals surface area contributed by atoms with Gasteiger partial charge < -0.3 is 20.1 Å². The molecule has 0 atom stereocenters. The Kier molecular flexibility index (Phi) is 3.67. The van der Waals surface area contributed by atoms with Gasteiger partial charge in [0.1, 0.15) is 6.73 Å². The number of aliphatic hydroxyl groups is 3. The lowest BCUT2D eigenvalue weighted by Crippen LogP contribution is -2.45. The molecule has 0 aromatic carbocycles. The topological polar surface area (TPSA) is 82.0 Å². The number of nitrogens with one attached hydrogen (secondary N) is 1. The van der Waals surface area contributed by atoms with Crippen molar-refractivity contribution in [3.8, 4) is 0 Å². The Morgan fingerprint density at radius 2 is 2.00 bits per heavy atom. The third-order valence-electron chi connectivity index (χ3n) is 0.616. The molecule has 0 saturated heterocycles. The predicted octanol–water partition coefficient (Wildman–Crippen LogP) is -1.84. The second kappa shape index (κ2) is 3.76. The monoisotopic (exact) mass is 137 g/mol. The number of rotatable bonds is 4. The molecule has 0 spiro atoms. The summed E-state index contributed by atoms with van der Waals surface area (Å²) in [7, 11) is 0. The molecule has 0 aromatic heterocycles. The van der Waals surface area contributed by atoms with E-state index < -0.39 is 6.10 Å². The van der Waals surface area contributed by atoms with Crippen LogP contribution in [0.2, 0.25) is 0 Å². The summed E-state index contributed by atoms with van der Waals surface area (Å²) in [5.41, 5.74) is 0. The van der Waals surface area contributed by atoms with Crippen molar-refractivity contribution in [2.45, 2.75) is 13.0 Å². The van der Waals surface area contributed by atoms with Crippen molar-refractivity contribution in [1.29, 1.82) is 0 Å². The highest BCUT2D eigenvalue weighted by molar-refractivity contribution is 4.35. The molecule has 5 heteroatoms. The lowest BCUT2D eigenvalue weighted by Gasteiger charge is -2.14. The molecule has 0 heterocycles. The first-order chi connectivity index (χ1) is 4.06. The molecule has 56 valence electrons. The summed E-state index contributed by atoms with van der Waals surface area (Å²) < 4.78 is 4.62. The van der Waals surface area contributed by atoms with Crippen molar-refractivity contribution in [3.63, 3.8) is 0 Å². The largest absolute Gasteiger partial charge is 0.366 e. The second-order valence-electron chi connectivity index (χ2n) is 1.45. The number of hydrogen-bond acceptors (Lipinski definition) is 5. The first-order valence-electron chi connectivity index (χ1n) is 2.56. The molecular formula is C4H11NO4. The highest BCUT2D eigenvalue weighted by Gasteiger charge is 2.15. The van der Waals surface area contributed by atoms with Crippen LogP contribution in [0, 0.1) is 0 Å². The molecule has 0 fully saturated rings. The summed E-state index contributed by atoms with van der Waals surface area (Å²) in [6.45, 7) is 2.10. The quantitative estimate of drug-likeness (QED) is 0.270. The molecule has 5 nitrogen and oxygen atoms in total. The molecular weight excluding hydrogens is 126 g/mol. The average molecular weight is 137 g/mol. The SMILES string of the molecule is CCOCNC(O)(O)O. The van der Waals surface area contributed by atoms with Crippen LogP contribution in [0.1, 0.15) is 6.92 Å². The Morgan fingerprint density at radius 1 is 1.44 bits per heavy atom. The number of hydrogen-bond donors (Lipinski definition) is 4. The van der Waals surface area contributed by atoms with Gasteiger partial charge in [0, 0.05) is 6.61 Å². The van der Waals surface area contributed by atoms with E-state index in [0.29, 0.717) is 6.61 Å². The zero-order valence-electron chi connectivity index (χ0n) is 5.16. The van der Waals surface area contributed by atoms with Gasteiger partial charge in [-0.25, -0.2) is 5.32 Å². The molecule has 0 aliphatic carbocycles. The van der Waals surface area contributed by atoms with Crippen LogP contribution in [0.4, 0.5) is 0 Å². The maximum Gasteiger partial charge on any atom is 0.344 e. The van der Waals surface area contributed by atoms with E-state index in [9.17, 15) is 0 Å². The number of ether oxygens (including phenoxy) is 1. The Bertz CT molecular complexity index is 69.5. The van der Waals surface area contributed by atoms with Crippen molar-refractivity contribution in [1.82, 2.24) is 5.32 Å². The van der Waals surface area contributed by atoms with Gasteiger partial charge in [-0.05, 0) is 6.92 Å². The van der Waals surface area contributed by atoms with E-state index in [1.54, 1.807) is 6.92 Å². The maximum absolute atomic E-state index is 8.16. The van der Waals surface area contributed by atoms with Gasteiger partial charge >= 0.3 is 6.10 Å². The third-order valence-corrected chi connectivity index (χ3v) is 0.616.